The first-order chi connectivity index (χ1) is 10.9. The molecule has 0 spiro atoms. The molecule has 0 radical (unpaired) electrons. The predicted molar refractivity (Wildman–Crippen MR) is 83.5 cm³/mol. The molecule has 0 fully saturated rings. The van der Waals surface area contributed by atoms with Gasteiger partial charge in [-0.1, -0.05) is 30.3 Å². The molecule has 5 nitrogen and oxygen atoms in total. The van der Waals surface area contributed by atoms with E-state index in [4.69, 9.17) is 0 Å². The number of benzene rings is 1. The van der Waals surface area contributed by atoms with Gasteiger partial charge in [0.2, 0.25) is 0 Å². The summed E-state index contributed by atoms with van der Waals surface area (Å²) in [6, 6.07) is 10.8. The topological polar surface area (TPSA) is 48.5 Å². The van der Waals surface area contributed by atoms with E-state index in [1.54, 1.807) is 6.20 Å². The number of aryl methyl sites for hydroxylation is 1. The molecule has 3 aromatic rings. The molecule has 0 N–H and O–H groups in total. The molecule has 22 heavy (non-hydrogen) atoms. The zero-order chi connectivity index (χ0) is 14.8. The van der Waals surface area contributed by atoms with Crippen molar-refractivity contribution < 1.29 is 0 Å². The maximum atomic E-state index is 4.40. The van der Waals surface area contributed by atoms with Crippen molar-refractivity contribution in [3.8, 4) is 0 Å². The highest BCUT2D eigenvalue weighted by molar-refractivity contribution is 5.20. The molecule has 0 saturated carbocycles. The number of hydrogen-bond acceptors (Lipinski definition) is 3. The molecule has 5 heteroatoms. The first-order valence-electron chi connectivity index (χ1n) is 7.82. The fraction of sp³-hybridized carbons (Fsp3) is 0.353. The van der Waals surface area contributed by atoms with Crippen molar-refractivity contribution in [1.29, 1.82) is 0 Å². The van der Waals surface area contributed by atoms with Gasteiger partial charge in [0.25, 0.3) is 0 Å². The Morgan fingerprint density at radius 1 is 1.09 bits per heavy atom. The van der Waals surface area contributed by atoms with E-state index in [-0.39, 0.29) is 0 Å². The highest BCUT2D eigenvalue weighted by Crippen LogP contribution is 2.29. The highest BCUT2D eigenvalue weighted by atomic mass is 15.3. The van der Waals surface area contributed by atoms with Crippen molar-refractivity contribution >= 4 is 0 Å². The van der Waals surface area contributed by atoms with E-state index >= 15 is 0 Å². The van der Waals surface area contributed by atoms with Crippen molar-refractivity contribution in [3.63, 3.8) is 0 Å². The summed E-state index contributed by atoms with van der Waals surface area (Å²) < 4.78 is 4.33. The zero-order valence-electron chi connectivity index (χ0n) is 12.5. The van der Waals surface area contributed by atoms with Crippen LogP contribution in [0.15, 0.2) is 49.1 Å². The SMILES string of the molecule is c1ccc(C2CCc3nnc(Cn4ccnc4)n3CC2)cc1. The minimum Gasteiger partial charge on any atom is -0.330 e. The van der Waals surface area contributed by atoms with Crippen LogP contribution in [0.25, 0.3) is 0 Å². The second-order valence-corrected chi connectivity index (χ2v) is 5.85. The van der Waals surface area contributed by atoms with Crippen LogP contribution < -0.4 is 0 Å². The normalized spacial score (nSPS) is 17.9. The van der Waals surface area contributed by atoms with Crippen LogP contribution in [0.3, 0.4) is 0 Å². The Bertz CT molecular complexity index is 730. The fourth-order valence-corrected chi connectivity index (χ4v) is 3.27. The third-order valence-electron chi connectivity index (χ3n) is 4.48. The van der Waals surface area contributed by atoms with Crippen LogP contribution in [-0.4, -0.2) is 24.3 Å². The standard InChI is InChI=1S/C17H19N5/c1-2-4-14(5-3-1)15-6-7-16-19-20-17(22(16)10-8-15)12-21-11-9-18-13-21/h1-5,9,11,13,15H,6-8,10,12H2. The summed E-state index contributed by atoms with van der Waals surface area (Å²) in [4.78, 5) is 4.09. The van der Waals surface area contributed by atoms with Gasteiger partial charge in [0.1, 0.15) is 5.82 Å². The summed E-state index contributed by atoms with van der Waals surface area (Å²) in [5, 5.41) is 8.78. The molecule has 3 heterocycles. The van der Waals surface area contributed by atoms with Crippen molar-refractivity contribution in [3.05, 3.63) is 66.3 Å². The van der Waals surface area contributed by atoms with Gasteiger partial charge in [0.15, 0.2) is 5.82 Å². The molecular weight excluding hydrogens is 274 g/mol. The second kappa shape index (κ2) is 5.75. The van der Waals surface area contributed by atoms with Gasteiger partial charge < -0.3 is 9.13 Å². The lowest BCUT2D eigenvalue weighted by Gasteiger charge is -2.14. The quantitative estimate of drug-likeness (QED) is 0.746. The Hall–Kier alpha value is -2.43. The average Bonchev–Trinajstić information content (AvgIpc) is 3.15. The Morgan fingerprint density at radius 2 is 2.00 bits per heavy atom. The third-order valence-corrected chi connectivity index (χ3v) is 4.48. The molecule has 1 aromatic carbocycles. The molecule has 1 unspecified atom stereocenters. The zero-order valence-corrected chi connectivity index (χ0v) is 12.5. The van der Waals surface area contributed by atoms with E-state index in [2.05, 4.69) is 50.1 Å². The number of imidazole rings is 1. The van der Waals surface area contributed by atoms with Gasteiger partial charge in [-0.3, -0.25) is 0 Å². The summed E-state index contributed by atoms with van der Waals surface area (Å²) in [6.45, 7) is 1.73. The number of nitrogens with zero attached hydrogens (tertiary/aromatic N) is 5. The van der Waals surface area contributed by atoms with Gasteiger partial charge in [-0.15, -0.1) is 10.2 Å². The van der Waals surface area contributed by atoms with Crippen LogP contribution in [0.4, 0.5) is 0 Å². The molecule has 0 aliphatic carbocycles. The highest BCUT2D eigenvalue weighted by Gasteiger charge is 2.21. The molecule has 0 saturated heterocycles. The fourth-order valence-electron chi connectivity index (χ4n) is 3.27. The number of aromatic nitrogens is 5. The van der Waals surface area contributed by atoms with Crippen molar-refractivity contribution in [1.82, 2.24) is 24.3 Å². The molecule has 0 bridgehead atoms. The number of rotatable bonds is 3. The largest absolute Gasteiger partial charge is 0.330 e. The van der Waals surface area contributed by atoms with Gasteiger partial charge in [0, 0.05) is 25.4 Å². The monoisotopic (exact) mass is 293 g/mol. The summed E-state index contributed by atoms with van der Waals surface area (Å²) in [7, 11) is 0. The maximum Gasteiger partial charge on any atom is 0.153 e. The summed E-state index contributed by atoms with van der Waals surface area (Å²) in [6.07, 6.45) is 8.87. The van der Waals surface area contributed by atoms with E-state index in [9.17, 15) is 0 Å². The molecule has 112 valence electrons. The van der Waals surface area contributed by atoms with Gasteiger partial charge in [0.05, 0.1) is 12.9 Å². The summed E-state index contributed by atoms with van der Waals surface area (Å²) in [5.74, 6) is 2.76. The number of fused-ring (bicyclic) bond motifs is 1. The first kappa shape index (κ1) is 13.2. The summed E-state index contributed by atoms with van der Waals surface area (Å²) in [5.41, 5.74) is 1.44. The second-order valence-electron chi connectivity index (χ2n) is 5.85. The first-order valence-corrected chi connectivity index (χ1v) is 7.82. The van der Waals surface area contributed by atoms with Crippen LogP contribution in [0.5, 0.6) is 0 Å². The van der Waals surface area contributed by atoms with Gasteiger partial charge in [-0.25, -0.2) is 4.98 Å². The Labute approximate surface area is 129 Å². The van der Waals surface area contributed by atoms with E-state index < -0.39 is 0 Å². The molecule has 2 aromatic heterocycles. The lowest BCUT2D eigenvalue weighted by Crippen LogP contribution is -2.10. The Kier molecular flexibility index (Phi) is 3.46. The van der Waals surface area contributed by atoms with Crippen LogP contribution in [0.2, 0.25) is 0 Å². The lowest BCUT2D eigenvalue weighted by atomic mass is 9.92. The smallest absolute Gasteiger partial charge is 0.153 e. The third kappa shape index (κ3) is 2.54. The molecular formula is C17H19N5. The average molecular weight is 293 g/mol. The van der Waals surface area contributed by atoms with Crippen molar-refractivity contribution in [2.45, 2.75) is 38.3 Å². The van der Waals surface area contributed by atoms with Crippen LogP contribution in [0, 0.1) is 0 Å². The maximum absolute atomic E-state index is 4.40. The van der Waals surface area contributed by atoms with Crippen LogP contribution >= 0.6 is 0 Å². The number of hydrogen-bond donors (Lipinski definition) is 0. The molecule has 4 rings (SSSR count). The van der Waals surface area contributed by atoms with Crippen LogP contribution in [-0.2, 0) is 19.5 Å². The molecule has 1 atom stereocenters. The van der Waals surface area contributed by atoms with Crippen molar-refractivity contribution in [2.75, 3.05) is 0 Å². The van der Waals surface area contributed by atoms with Crippen LogP contribution in [0.1, 0.15) is 36.0 Å². The minimum atomic E-state index is 0.615. The molecule has 1 aliphatic rings. The molecule has 0 amide bonds. The Morgan fingerprint density at radius 3 is 2.82 bits per heavy atom. The van der Waals surface area contributed by atoms with E-state index in [1.165, 1.54) is 5.56 Å². The van der Waals surface area contributed by atoms with Gasteiger partial charge >= 0.3 is 0 Å². The van der Waals surface area contributed by atoms with Crippen molar-refractivity contribution in [2.24, 2.45) is 0 Å². The Balaban J connectivity index is 1.54. The molecule has 1 aliphatic heterocycles. The lowest BCUT2D eigenvalue weighted by molar-refractivity contribution is 0.541. The predicted octanol–water partition coefficient (Wildman–Crippen LogP) is 2.64. The van der Waals surface area contributed by atoms with Gasteiger partial charge in [-0.05, 0) is 24.3 Å². The van der Waals surface area contributed by atoms with E-state index in [0.717, 1.165) is 44.0 Å². The van der Waals surface area contributed by atoms with E-state index in [1.807, 2.05) is 17.1 Å². The minimum absolute atomic E-state index is 0.615. The van der Waals surface area contributed by atoms with Gasteiger partial charge in [-0.2, -0.15) is 0 Å². The van der Waals surface area contributed by atoms with E-state index in [0.29, 0.717) is 5.92 Å². The summed E-state index contributed by atoms with van der Waals surface area (Å²) >= 11 is 0.